The fourth-order valence-electron chi connectivity index (χ4n) is 4.77. The van der Waals surface area contributed by atoms with E-state index in [2.05, 4.69) is 37.4 Å². The topological polar surface area (TPSA) is 75.4 Å². The summed E-state index contributed by atoms with van der Waals surface area (Å²) < 4.78 is 15.7. The lowest BCUT2D eigenvalue weighted by Crippen LogP contribution is -2.40. The van der Waals surface area contributed by atoms with E-state index in [1.54, 1.807) is 18.6 Å². The standard InChI is InChI=1S/C26H21FN6O/c27-20-8-7-17-11-28-13-23(22(17)10-20)26(34)29-12-19-15-32(14-18-4-1-2-5-21(18)19)25-24-6-3-9-33(24)31-16-30-25/h1-11,13,16,19H,12,14-15H2,(H,29,34). The molecule has 1 N–H and O–H groups in total. The molecular weight excluding hydrogens is 431 g/mol. The van der Waals surface area contributed by atoms with Gasteiger partial charge in [-0.3, -0.25) is 9.78 Å². The number of aromatic nitrogens is 4. The lowest BCUT2D eigenvalue weighted by molar-refractivity contribution is 0.0952. The number of hydrogen-bond acceptors (Lipinski definition) is 5. The van der Waals surface area contributed by atoms with Gasteiger partial charge in [0.25, 0.3) is 5.91 Å². The Kier molecular flexibility index (Phi) is 4.91. The highest BCUT2D eigenvalue weighted by molar-refractivity contribution is 6.06. The van der Waals surface area contributed by atoms with Crippen LogP contribution < -0.4 is 10.2 Å². The minimum atomic E-state index is -0.383. The molecule has 1 unspecified atom stereocenters. The van der Waals surface area contributed by atoms with Crippen molar-refractivity contribution in [2.24, 2.45) is 0 Å². The highest BCUT2D eigenvalue weighted by Gasteiger charge is 2.27. The summed E-state index contributed by atoms with van der Waals surface area (Å²) in [6.07, 6.45) is 6.58. The minimum absolute atomic E-state index is 0.0542. The first-order valence-electron chi connectivity index (χ1n) is 11.1. The fraction of sp³-hybridized carbons (Fsp3) is 0.154. The Morgan fingerprint density at radius 3 is 2.97 bits per heavy atom. The van der Waals surface area contributed by atoms with Gasteiger partial charge >= 0.3 is 0 Å². The number of anilines is 1. The number of fused-ring (bicyclic) bond motifs is 3. The largest absolute Gasteiger partial charge is 0.351 e. The summed E-state index contributed by atoms with van der Waals surface area (Å²) in [5.74, 6) is 0.263. The maximum absolute atomic E-state index is 13.8. The Balaban J connectivity index is 1.29. The van der Waals surface area contributed by atoms with Crippen molar-refractivity contribution in [1.29, 1.82) is 0 Å². The van der Waals surface area contributed by atoms with E-state index in [4.69, 9.17) is 0 Å². The number of hydrogen-bond donors (Lipinski definition) is 1. The van der Waals surface area contributed by atoms with Crippen LogP contribution in [0.5, 0.6) is 0 Å². The second kappa shape index (κ2) is 8.22. The van der Waals surface area contributed by atoms with Gasteiger partial charge in [0, 0.05) is 54.9 Å². The molecule has 4 heterocycles. The minimum Gasteiger partial charge on any atom is -0.351 e. The van der Waals surface area contributed by atoms with Crippen LogP contribution in [-0.4, -0.2) is 38.6 Å². The molecule has 5 aromatic rings. The van der Waals surface area contributed by atoms with E-state index in [1.807, 2.05) is 35.0 Å². The monoisotopic (exact) mass is 452 g/mol. The Morgan fingerprint density at radius 2 is 2.03 bits per heavy atom. The summed E-state index contributed by atoms with van der Waals surface area (Å²) in [6, 6.07) is 16.6. The number of carbonyl (C=O) groups excluding carboxylic acids is 1. The van der Waals surface area contributed by atoms with Gasteiger partial charge in [-0.2, -0.15) is 5.10 Å². The molecule has 1 amide bonds. The summed E-state index contributed by atoms with van der Waals surface area (Å²) >= 11 is 0. The van der Waals surface area contributed by atoms with Crippen molar-refractivity contribution < 1.29 is 9.18 Å². The van der Waals surface area contributed by atoms with Crippen molar-refractivity contribution in [3.63, 3.8) is 0 Å². The molecule has 1 aliphatic heterocycles. The molecule has 0 aliphatic carbocycles. The zero-order valence-corrected chi connectivity index (χ0v) is 18.2. The van der Waals surface area contributed by atoms with Crippen LogP contribution in [0.3, 0.4) is 0 Å². The van der Waals surface area contributed by atoms with Gasteiger partial charge in [-0.1, -0.05) is 24.3 Å². The maximum atomic E-state index is 13.8. The van der Waals surface area contributed by atoms with Crippen molar-refractivity contribution in [3.05, 3.63) is 102 Å². The SMILES string of the molecule is O=C(NCC1CN(c2ncnn3cccc23)Cc2ccccc21)c1cncc2ccc(F)cc12. The molecule has 0 spiro atoms. The lowest BCUT2D eigenvalue weighted by atomic mass is 9.89. The van der Waals surface area contributed by atoms with Crippen molar-refractivity contribution in [3.8, 4) is 0 Å². The highest BCUT2D eigenvalue weighted by atomic mass is 19.1. The third-order valence-electron chi connectivity index (χ3n) is 6.39. The van der Waals surface area contributed by atoms with Crippen LogP contribution in [0, 0.1) is 5.82 Å². The van der Waals surface area contributed by atoms with E-state index in [0.717, 1.165) is 23.3 Å². The molecule has 2 aromatic carbocycles. The van der Waals surface area contributed by atoms with Crippen molar-refractivity contribution in [2.75, 3.05) is 18.0 Å². The van der Waals surface area contributed by atoms with Gasteiger partial charge in [0.2, 0.25) is 0 Å². The maximum Gasteiger partial charge on any atom is 0.253 e. The predicted molar refractivity (Wildman–Crippen MR) is 127 cm³/mol. The second-order valence-electron chi connectivity index (χ2n) is 8.46. The van der Waals surface area contributed by atoms with Gasteiger partial charge in [-0.25, -0.2) is 13.9 Å². The van der Waals surface area contributed by atoms with Gasteiger partial charge in [0.15, 0.2) is 5.82 Å². The number of carbonyl (C=O) groups is 1. The lowest BCUT2D eigenvalue weighted by Gasteiger charge is -2.35. The van der Waals surface area contributed by atoms with Crippen LogP contribution in [0.25, 0.3) is 16.3 Å². The van der Waals surface area contributed by atoms with Crippen LogP contribution in [0.1, 0.15) is 27.4 Å². The Hall–Kier alpha value is -4.33. The first-order valence-corrected chi connectivity index (χ1v) is 11.1. The normalized spacial score (nSPS) is 15.4. The van der Waals surface area contributed by atoms with Gasteiger partial charge in [0.05, 0.1) is 5.56 Å². The summed E-state index contributed by atoms with van der Waals surface area (Å²) in [4.78, 5) is 24.1. The van der Waals surface area contributed by atoms with Gasteiger partial charge in [-0.15, -0.1) is 0 Å². The molecular formula is C26H21FN6O. The van der Waals surface area contributed by atoms with Crippen LogP contribution in [0.4, 0.5) is 10.2 Å². The Morgan fingerprint density at radius 1 is 1.12 bits per heavy atom. The first kappa shape index (κ1) is 20.3. The van der Waals surface area contributed by atoms with Gasteiger partial charge < -0.3 is 10.2 Å². The van der Waals surface area contributed by atoms with Gasteiger partial charge in [-0.05, 0) is 41.5 Å². The third kappa shape index (κ3) is 3.53. The van der Waals surface area contributed by atoms with E-state index in [1.165, 1.54) is 29.5 Å². The molecule has 168 valence electrons. The molecule has 1 atom stereocenters. The van der Waals surface area contributed by atoms with E-state index in [-0.39, 0.29) is 17.6 Å². The highest BCUT2D eigenvalue weighted by Crippen LogP contribution is 2.32. The molecule has 6 rings (SSSR count). The second-order valence-corrected chi connectivity index (χ2v) is 8.46. The van der Waals surface area contributed by atoms with Crippen molar-refractivity contribution >= 4 is 28.0 Å². The van der Waals surface area contributed by atoms with Crippen molar-refractivity contribution in [1.82, 2.24) is 24.9 Å². The van der Waals surface area contributed by atoms with Gasteiger partial charge in [0.1, 0.15) is 17.7 Å². The van der Waals surface area contributed by atoms with Crippen molar-refractivity contribution in [2.45, 2.75) is 12.5 Å². The molecule has 34 heavy (non-hydrogen) atoms. The molecule has 0 radical (unpaired) electrons. The molecule has 8 heteroatoms. The molecule has 0 saturated carbocycles. The zero-order chi connectivity index (χ0) is 23.1. The first-order chi connectivity index (χ1) is 16.7. The quantitative estimate of drug-likeness (QED) is 0.447. The molecule has 3 aromatic heterocycles. The smallest absolute Gasteiger partial charge is 0.253 e. The number of benzene rings is 2. The number of nitrogens with one attached hydrogen (secondary N) is 1. The Bertz CT molecular complexity index is 1530. The van der Waals surface area contributed by atoms with Crippen LogP contribution >= 0.6 is 0 Å². The third-order valence-corrected chi connectivity index (χ3v) is 6.39. The summed E-state index contributed by atoms with van der Waals surface area (Å²) in [5, 5.41) is 8.61. The number of amides is 1. The van der Waals surface area contributed by atoms with Crippen LogP contribution in [0.2, 0.25) is 0 Å². The number of halogens is 1. The summed E-state index contributed by atoms with van der Waals surface area (Å²) in [7, 11) is 0. The van der Waals surface area contributed by atoms with Crippen LogP contribution in [-0.2, 0) is 6.54 Å². The van der Waals surface area contributed by atoms with E-state index in [9.17, 15) is 9.18 Å². The number of pyridine rings is 1. The molecule has 1 aliphatic rings. The Labute approximate surface area is 194 Å². The number of rotatable bonds is 4. The molecule has 7 nitrogen and oxygen atoms in total. The summed E-state index contributed by atoms with van der Waals surface area (Å²) in [5.41, 5.74) is 3.71. The fourth-order valence-corrected chi connectivity index (χ4v) is 4.77. The average Bonchev–Trinajstić information content (AvgIpc) is 3.35. The molecule has 0 saturated heterocycles. The summed E-state index contributed by atoms with van der Waals surface area (Å²) in [6.45, 7) is 1.85. The van der Waals surface area contributed by atoms with E-state index >= 15 is 0 Å². The average molecular weight is 452 g/mol. The molecule has 0 bridgehead atoms. The zero-order valence-electron chi connectivity index (χ0n) is 18.2. The molecule has 0 fully saturated rings. The van der Waals surface area contributed by atoms with E-state index in [0.29, 0.717) is 24.0 Å². The van der Waals surface area contributed by atoms with E-state index < -0.39 is 0 Å². The predicted octanol–water partition coefficient (Wildman–Crippen LogP) is 3.95. The number of nitrogens with zero attached hydrogens (tertiary/aromatic N) is 5. The van der Waals surface area contributed by atoms with Crippen LogP contribution in [0.15, 0.2) is 79.5 Å².